The first-order chi connectivity index (χ1) is 10.0. The van der Waals surface area contributed by atoms with Gasteiger partial charge in [-0.3, -0.25) is 14.9 Å². The fourth-order valence-electron chi connectivity index (χ4n) is 2.66. The van der Waals surface area contributed by atoms with Crippen LogP contribution in [0.1, 0.15) is 58.3 Å². The molecule has 0 spiro atoms. The monoisotopic (exact) mass is 298 g/mol. The fourth-order valence-corrected chi connectivity index (χ4v) is 2.66. The number of hydrogen-bond donors (Lipinski definition) is 2. The minimum atomic E-state index is -0.860. The van der Waals surface area contributed by atoms with Crippen LogP contribution in [0, 0.1) is 5.92 Å². The molecule has 0 bridgehead atoms. The maximum atomic E-state index is 11.9. The van der Waals surface area contributed by atoms with Gasteiger partial charge >= 0.3 is 12.0 Å². The summed E-state index contributed by atoms with van der Waals surface area (Å²) in [6.45, 7) is 3.59. The van der Waals surface area contributed by atoms with Gasteiger partial charge in [0, 0.05) is 25.9 Å². The van der Waals surface area contributed by atoms with Crippen LogP contribution in [0.5, 0.6) is 0 Å². The molecule has 1 fully saturated rings. The summed E-state index contributed by atoms with van der Waals surface area (Å²) in [5, 5.41) is 10.9. The number of carboxylic acids is 1. The molecular weight excluding hydrogens is 272 g/mol. The first kappa shape index (κ1) is 17.5. The zero-order valence-corrected chi connectivity index (χ0v) is 12.8. The number of unbranched alkanes of at least 4 members (excludes halogenated alkanes) is 1. The lowest BCUT2D eigenvalue weighted by Gasteiger charge is -2.31. The SMILES string of the molecule is CCCC1CCN(C(=O)NC(=O)CCCCC(=O)O)CC1. The number of piperidine rings is 1. The number of amides is 3. The van der Waals surface area contributed by atoms with E-state index in [1.165, 1.54) is 12.8 Å². The van der Waals surface area contributed by atoms with Gasteiger partial charge in [-0.1, -0.05) is 19.8 Å². The van der Waals surface area contributed by atoms with Gasteiger partial charge < -0.3 is 10.0 Å². The predicted octanol–water partition coefficient (Wildman–Crippen LogP) is 2.38. The molecule has 3 amide bonds. The lowest BCUT2D eigenvalue weighted by atomic mass is 9.93. The van der Waals surface area contributed by atoms with Crippen LogP contribution >= 0.6 is 0 Å². The van der Waals surface area contributed by atoms with E-state index in [2.05, 4.69) is 12.2 Å². The Labute approximate surface area is 125 Å². The molecule has 0 aromatic carbocycles. The standard InChI is InChI=1S/C15H26N2O4/c1-2-5-12-8-10-17(11-9-12)15(21)16-13(18)6-3-4-7-14(19)20/h12H,2-11H2,1H3,(H,19,20)(H,16,18,21). The molecule has 1 aliphatic rings. The van der Waals surface area contributed by atoms with Gasteiger partial charge in [0.1, 0.15) is 0 Å². The van der Waals surface area contributed by atoms with Crippen LogP contribution in [0.25, 0.3) is 0 Å². The topological polar surface area (TPSA) is 86.7 Å². The molecule has 0 aromatic heterocycles. The van der Waals surface area contributed by atoms with Crippen molar-refractivity contribution in [3.05, 3.63) is 0 Å². The highest BCUT2D eigenvalue weighted by Gasteiger charge is 2.23. The van der Waals surface area contributed by atoms with E-state index < -0.39 is 5.97 Å². The third-order valence-electron chi connectivity index (χ3n) is 3.89. The number of nitrogens with zero attached hydrogens (tertiary/aromatic N) is 1. The minimum Gasteiger partial charge on any atom is -0.481 e. The molecule has 0 saturated carbocycles. The number of carboxylic acid groups (broad SMARTS) is 1. The lowest BCUT2D eigenvalue weighted by Crippen LogP contribution is -2.46. The molecule has 21 heavy (non-hydrogen) atoms. The molecule has 0 unspecified atom stereocenters. The van der Waals surface area contributed by atoms with Crippen molar-refractivity contribution in [2.45, 2.75) is 58.3 Å². The third kappa shape index (κ3) is 7.11. The molecule has 1 aliphatic heterocycles. The van der Waals surface area contributed by atoms with E-state index in [9.17, 15) is 14.4 Å². The van der Waals surface area contributed by atoms with Crippen LogP contribution in [-0.4, -0.2) is 41.0 Å². The number of urea groups is 1. The first-order valence-electron chi connectivity index (χ1n) is 7.83. The predicted molar refractivity (Wildman–Crippen MR) is 78.8 cm³/mol. The Balaban J connectivity index is 2.18. The average Bonchev–Trinajstić information content (AvgIpc) is 2.44. The van der Waals surface area contributed by atoms with Crippen molar-refractivity contribution in [3.63, 3.8) is 0 Å². The van der Waals surface area contributed by atoms with Crippen molar-refractivity contribution in [1.29, 1.82) is 0 Å². The molecular formula is C15H26N2O4. The van der Waals surface area contributed by atoms with E-state index in [0.717, 1.165) is 12.8 Å². The summed E-state index contributed by atoms with van der Waals surface area (Å²) in [6.07, 6.45) is 5.60. The summed E-state index contributed by atoms with van der Waals surface area (Å²) in [4.78, 5) is 35.6. The van der Waals surface area contributed by atoms with Crippen molar-refractivity contribution >= 4 is 17.9 Å². The second kappa shape index (κ2) is 9.37. The molecule has 6 heteroatoms. The Morgan fingerprint density at radius 2 is 1.76 bits per heavy atom. The molecule has 0 aromatic rings. The number of aliphatic carboxylic acids is 1. The van der Waals surface area contributed by atoms with Crippen molar-refractivity contribution in [2.75, 3.05) is 13.1 Å². The van der Waals surface area contributed by atoms with Gasteiger partial charge in [0.2, 0.25) is 5.91 Å². The van der Waals surface area contributed by atoms with E-state index in [-0.39, 0.29) is 24.8 Å². The summed E-state index contributed by atoms with van der Waals surface area (Å²) in [5.74, 6) is -0.478. The van der Waals surface area contributed by atoms with Gasteiger partial charge in [0.15, 0.2) is 0 Å². The van der Waals surface area contributed by atoms with Gasteiger partial charge in [0.25, 0.3) is 0 Å². The molecule has 1 heterocycles. The summed E-state index contributed by atoms with van der Waals surface area (Å²) < 4.78 is 0. The van der Waals surface area contributed by atoms with Gasteiger partial charge in [-0.2, -0.15) is 0 Å². The Bertz CT molecular complexity index is 363. The molecule has 0 aliphatic carbocycles. The van der Waals surface area contributed by atoms with Crippen LogP contribution in [-0.2, 0) is 9.59 Å². The van der Waals surface area contributed by atoms with E-state index in [1.54, 1.807) is 4.90 Å². The Hall–Kier alpha value is -1.59. The molecule has 0 atom stereocenters. The summed E-state index contributed by atoms with van der Waals surface area (Å²) in [5.41, 5.74) is 0. The molecule has 6 nitrogen and oxygen atoms in total. The third-order valence-corrected chi connectivity index (χ3v) is 3.89. The zero-order valence-electron chi connectivity index (χ0n) is 12.8. The largest absolute Gasteiger partial charge is 0.481 e. The smallest absolute Gasteiger partial charge is 0.324 e. The zero-order chi connectivity index (χ0) is 15.7. The summed E-state index contributed by atoms with van der Waals surface area (Å²) in [7, 11) is 0. The number of nitrogens with one attached hydrogen (secondary N) is 1. The van der Waals surface area contributed by atoms with E-state index in [4.69, 9.17) is 5.11 Å². The maximum Gasteiger partial charge on any atom is 0.324 e. The maximum absolute atomic E-state index is 11.9. The Morgan fingerprint density at radius 3 is 2.33 bits per heavy atom. The second-order valence-electron chi connectivity index (χ2n) is 5.67. The molecule has 1 saturated heterocycles. The lowest BCUT2D eigenvalue weighted by molar-refractivity contribution is -0.137. The van der Waals surface area contributed by atoms with E-state index in [1.807, 2.05) is 0 Å². The summed E-state index contributed by atoms with van der Waals surface area (Å²) in [6, 6.07) is -0.312. The van der Waals surface area contributed by atoms with Crippen molar-refractivity contribution < 1.29 is 19.5 Å². The van der Waals surface area contributed by atoms with Crippen LogP contribution in [0.15, 0.2) is 0 Å². The van der Waals surface area contributed by atoms with Crippen LogP contribution in [0.2, 0.25) is 0 Å². The van der Waals surface area contributed by atoms with Crippen molar-refractivity contribution in [3.8, 4) is 0 Å². The van der Waals surface area contributed by atoms with Gasteiger partial charge in [-0.05, 0) is 31.6 Å². The number of hydrogen-bond acceptors (Lipinski definition) is 3. The number of carbonyl (C=O) groups excluding carboxylic acids is 2. The highest BCUT2D eigenvalue weighted by molar-refractivity contribution is 5.94. The Morgan fingerprint density at radius 1 is 1.14 bits per heavy atom. The highest BCUT2D eigenvalue weighted by atomic mass is 16.4. The second-order valence-corrected chi connectivity index (χ2v) is 5.67. The van der Waals surface area contributed by atoms with Gasteiger partial charge in [-0.15, -0.1) is 0 Å². The van der Waals surface area contributed by atoms with Crippen LogP contribution in [0.3, 0.4) is 0 Å². The quantitative estimate of drug-likeness (QED) is 0.706. The highest BCUT2D eigenvalue weighted by Crippen LogP contribution is 2.21. The minimum absolute atomic E-state index is 0.0617. The number of carbonyl (C=O) groups is 3. The van der Waals surface area contributed by atoms with E-state index in [0.29, 0.717) is 31.8 Å². The number of rotatable bonds is 7. The summed E-state index contributed by atoms with van der Waals surface area (Å²) >= 11 is 0. The van der Waals surface area contributed by atoms with E-state index >= 15 is 0 Å². The molecule has 120 valence electrons. The van der Waals surface area contributed by atoms with Crippen molar-refractivity contribution in [2.24, 2.45) is 5.92 Å². The Kier molecular flexibility index (Phi) is 7.79. The molecule has 0 radical (unpaired) electrons. The van der Waals surface area contributed by atoms with Gasteiger partial charge in [0.05, 0.1) is 0 Å². The average molecular weight is 298 g/mol. The van der Waals surface area contributed by atoms with Crippen molar-refractivity contribution in [1.82, 2.24) is 10.2 Å². The first-order valence-corrected chi connectivity index (χ1v) is 7.83. The molecule has 1 rings (SSSR count). The fraction of sp³-hybridized carbons (Fsp3) is 0.800. The normalized spacial score (nSPS) is 15.8. The number of likely N-dealkylation sites (tertiary alicyclic amines) is 1. The van der Waals surface area contributed by atoms with Crippen LogP contribution in [0.4, 0.5) is 4.79 Å². The van der Waals surface area contributed by atoms with Gasteiger partial charge in [-0.25, -0.2) is 4.79 Å². The molecule has 2 N–H and O–H groups in total. The number of imide groups is 1. The van der Waals surface area contributed by atoms with Crippen LogP contribution < -0.4 is 5.32 Å².